The predicted octanol–water partition coefficient (Wildman–Crippen LogP) is 3.23. The van der Waals surface area contributed by atoms with Crippen LogP contribution in [0.1, 0.15) is 97.8 Å². The minimum Gasteiger partial charge on any atom is -0.480 e. The van der Waals surface area contributed by atoms with Gasteiger partial charge in [-0.15, -0.1) is 0 Å². The van der Waals surface area contributed by atoms with Gasteiger partial charge in [-0.2, -0.15) is 0 Å². The zero-order chi connectivity index (χ0) is 27.1. The third-order valence-corrected chi connectivity index (χ3v) is 11.6. The third-order valence-electron chi connectivity index (χ3n) is 11.6. The molecule has 2 amide bonds. The molecule has 4 rings (SSSR count). The van der Waals surface area contributed by atoms with Crippen molar-refractivity contribution in [2.75, 3.05) is 0 Å². The molecule has 4 saturated carbocycles. The number of carboxylic acids is 1. The number of rotatable bonds is 9. The van der Waals surface area contributed by atoms with Crippen LogP contribution in [0.5, 0.6) is 0 Å². The molecule has 0 bridgehead atoms. The molecular weight excluding hydrogens is 472 g/mol. The molecule has 0 heterocycles. The highest BCUT2D eigenvalue weighted by atomic mass is 16.4. The van der Waals surface area contributed by atoms with Crippen molar-refractivity contribution in [1.29, 1.82) is 0 Å². The lowest BCUT2D eigenvalue weighted by Crippen LogP contribution is -2.58. The summed E-state index contributed by atoms with van der Waals surface area (Å²) in [6.45, 7) is 6.89. The quantitative estimate of drug-likeness (QED) is 0.315. The van der Waals surface area contributed by atoms with Crippen molar-refractivity contribution >= 4 is 17.8 Å². The molecule has 0 saturated heterocycles. The second kappa shape index (κ2) is 10.8. The van der Waals surface area contributed by atoms with E-state index < -0.39 is 17.9 Å². The number of carbonyl (C=O) groups is 3. The van der Waals surface area contributed by atoms with Crippen LogP contribution in [0.25, 0.3) is 0 Å². The summed E-state index contributed by atoms with van der Waals surface area (Å²) in [5.74, 6) is 0.659. The molecule has 0 unspecified atom stereocenters. The Morgan fingerprint density at radius 1 is 0.973 bits per heavy atom. The largest absolute Gasteiger partial charge is 0.480 e. The van der Waals surface area contributed by atoms with Crippen molar-refractivity contribution in [3.8, 4) is 0 Å². The van der Waals surface area contributed by atoms with Crippen LogP contribution >= 0.6 is 0 Å². The van der Waals surface area contributed by atoms with Crippen LogP contribution in [0.15, 0.2) is 0 Å². The summed E-state index contributed by atoms with van der Waals surface area (Å²) in [5.41, 5.74) is 5.17. The predicted molar refractivity (Wildman–Crippen MR) is 139 cm³/mol. The first-order chi connectivity index (χ1) is 17.4. The monoisotopic (exact) mass is 520 g/mol. The van der Waals surface area contributed by atoms with Gasteiger partial charge in [0.15, 0.2) is 0 Å². The Hall–Kier alpha value is -1.67. The van der Waals surface area contributed by atoms with Gasteiger partial charge in [-0.3, -0.25) is 9.59 Å². The number of amides is 2. The highest BCUT2D eigenvalue weighted by Crippen LogP contribution is 2.68. The van der Waals surface area contributed by atoms with Crippen molar-refractivity contribution in [2.45, 2.75) is 116 Å². The molecule has 0 radical (unpaired) electrons. The number of aliphatic carboxylic acids is 1. The van der Waals surface area contributed by atoms with Gasteiger partial charge < -0.3 is 26.4 Å². The number of aliphatic hydroxyl groups is 2. The summed E-state index contributed by atoms with van der Waals surface area (Å²) in [6.07, 6.45) is 8.45. The summed E-state index contributed by atoms with van der Waals surface area (Å²) in [7, 11) is 0. The highest BCUT2D eigenvalue weighted by molar-refractivity contribution is 5.84. The van der Waals surface area contributed by atoms with Crippen molar-refractivity contribution in [3.05, 3.63) is 0 Å². The second-order valence-corrected chi connectivity index (χ2v) is 13.4. The van der Waals surface area contributed by atoms with Crippen LogP contribution in [0.3, 0.4) is 0 Å². The number of primary amides is 1. The fourth-order valence-electron chi connectivity index (χ4n) is 9.53. The Morgan fingerprint density at radius 3 is 2.38 bits per heavy atom. The molecule has 37 heavy (non-hydrogen) atoms. The first-order valence-corrected chi connectivity index (χ1v) is 14.5. The van der Waals surface area contributed by atoms with Crippen LogP contribution in [0.2, 0.25) is 0 Å². The van der Waals surface area contributed by atoms with E-state index in [-0.39, 0.29) is 54.1 Å². The van der Waals surface area contributed by atoms with E-state index in [4.69, 9.17) is 5.73 Å². The minimum absolute atomic E-state index is 0.0121. The summed E-state index contributed by atoms with van der Waals surface area (Å²) in [5, 5.41) is 33.9. The van der Waals surface area contributed by atoms with E-state index in [1.165, 1.54) is 12.8 Å². The second-order valence-electron chi connectivity index (χ2n) is 13.4. The van der Waals surface area contributed by atoms with Gasteiger partial charge in [0.05, 0.1) is 12.2 Å². The number of hydrogen-bond acceptors (Lipinski definition) is 5. The Labute approximate surface area is 221 Å². The Balaban J connectivity index is 1.39. The van der Waals surface area contributed by atoms with E-state index in [0.717, 1.165) is 38.5 Å². The van der Waals surface area contributed by atoms with Gasteiger partial charge in [-0.1, -0.05) is 20.8 Å². The number of carbonyl (C=O) groups excluding carboxylic acids is 2. The highest BCUT2D eigenvalue weighted by Gasteiger charge is 2.63. The fraction of sp³-hybridized carbons (Fsp3) is 0.897. The molecule has 4 aliphatic carbocycles. The molecule has 0 aromatic carbocycles. The van der Waals surface area contributed by atoms with Gasteiger partial charge in [-0.25, -0.2) is 4.79 Å². The lowest BCUT2D eigenvalue weighted by molar-refractivity contribution is -0.175. The number of aliphatic hydroxyl groups excluding tert-OH is 2. The molecular formula is C29H48N2O6. The first kappa shape index (κ1) is 28.3. The minimum atomic E-state index is -1.16. The van der Waals surface area contributed by atoms with E-state index in [2.05, 4.69) is 26.1 Å². The molecule has 6 N–H and O–H groups in total. The standard InChI is InChI=1S/C29H48N2O6/c1-16(4-11-26(35)31-23(27(36)37)9-10-25(30)34)20-7-8-21-19-6-5-17-14-18(32)12-13-28(17,2)22(19)15-24(33)29(20,21)3/h16-24,32-33H,4-15H2,1-3H3,(H2,30,34)(H,31,35)(H,36,37)/t16-,17-,18-,19+,20-,21+,22+,23+,24+,28+,29-/m1/s1. The van der Waals surface area contributed by atoms with E-state index in [1.807, 2.05) is 0 Å². The lowest BCUT2D eigenvalue weighted by atomic mass is 9.43. The maximum atomic E-state index is 12.6. The van der Waals surface area contributed by atoms with Crippen molar-refractivity contribution in [2.24, 2.45) is 52.1 Å². The summed E-state index contributed by atoms with van der Waals surface area (Å²) >= 11 is 0. The molecule has 0 aromatic heterocycles. The van der Waals surface area contributed by atoms with E-state index in [9.17, 15) is 29.7 Å². The number of carboxylic acid groups (broad SMARTS) is 1. The van der Waals surface area contributed by atoms with Crippen LogP contribution in [0, 0.1) is 46.3 Å². The zero-order valence-electron chi connectivity index (χ0n) is 22.8. The molecule has 4 fully saturated rings. The smallest absolute Gasteiger partial charge is 0.326 e. The summed E-state index contributed by atoms with van der Waals surface area (Å²) in [4.78, 5) is 35.1. The zero-order valence-corrected chi connectivity index (χ0v) is 22.8. The van der Waals surface area contributed by atoms with Crippen molar-refractivity contribution in [1.82, 2.24) is 5.32 Å². The molecule has 210 valence electrons. The normalized spacial score (nSPS) is 42.6. The van der Waals surface area contributed by atoms with Crippen LogP contribution in [-0.2, 0) is 14.4 Å². The summed E-state index contributed by atoms with van der Waals surface area (Å²) < 4.78 is 0. The average molecular weight is 521 g/mol. The first-order valence-electron chi connectivity index (χ1n) is 14.5. The number of nitrogens with one attached hydrogen (secondary N) is 1. The molecule has 8 nitrogen and oxygen atoms in total. The van der Waals surface area contributed by atoms with Gasteiger partial charge in [0.1, 0.15) is 6.04 Å². The molecule has 0 aliphatic heterocycles. The number of hydrogen-bond donors (Lipinski definition) is 5. The lowest BCUT2D eigenvalue weighted by Gasteiger charge is -2.62. The van der Waals surface area contributed by atoms with Gasteiger partial charge in [0.2, 0.25) is 11.8 Å². The molecule has 8 heteroatoms. The van der Waals surface area contributed by atoms with Gasteiger partial charge in [0, 0.05) is 12.8 Å². The SMILES string of the molecule is C[C@H](CCC(=O)N[C@@H](CCC(N)=O)C(=O)O)[C@H]1CC[C@H]2[C@@H]3CC[C@@H]4C[C@H](O)CC[C@]4(C)[C@H]3C[C@H](O)[C@]12C. The van der Waals surface area contributed by atoms with Crippen molar-refractivity contribution < 1.29 is 29.7 Å². The molecule has 11 atom stereocenters. The average Bonchev–Trinajstić information content (AvgIpc) is 3.20. The Kier molecular flexibility index (Phi) is 8.30. The topological polar surface area (TPSA) is 150 Å². The maximum Gasteiger partial charge on any atom is 0.326 e. The molecule has 0 aromatic rings. The van der Waals surface area contributed by atoms with Crippen molar-refractivity contribution in [3.63, 3.8) is 0 Å². The van der Waals surface area contributed by atoms with Crippen LogP contribution in [-0.4, -0.2) is 51.4 Å². The van der Waals surface area contributed by atoms with E-state index in [1.54, 1.807) is 0 Å². The van der Waals surface area contributed by atoms with Crippen LogP contribution < -0.4 is 11.1 Å². The van der Waals surface area contributed by atoms with Gasteiger partial charge in [0.25, 0.3) is 0 Å². The van der Waals surface area contributed by atoms with Gasteiger partial charge in [-0.05, 0) is 111 Å². The summed E-state index contributed by atoms with van der Waals surface area (Å²) in [6, 6.07) is -1.11. The third kappa shape index (κ3) is 5.29. The number of fused-ring (bicyclic) bond motifs is 5. The van der Waals surface area contributed by atoms with E-state index >= 15 is 0 Å². The van der Waals surface area contributed by atoms with Crippen LogP contribution in [0.4, 0.5) is 0 Å². The fourth-order valence-corrected chi connectivity index (χ4v) is 9.53. The maximum absolute atomic E-state index is 12.6. The number of nitrogens with two attached hydrogens (primary N) is 1. The van der Waals surface area contributed by atoms with Gasteiger partial charge >= 0.3 is 5.97 Å². The Morgan fingerprint density at radius 2 is 1.70 bits per heavy atom. The molecule has 0 spiro atoms. The molecule has 4 aliphatic rings. The Bertz CT molecular complexity index is 880. The van der Waals surface area contributed by atoms with E-state index in [0.29, 0.717) is 36.0 Å².